The Labute approximate surface area is 114 Å². The largest absolute Gasteiger partial charge is 0.472 e. The topological polar surface area (TPSA) is 65.7 Å². The van der Waals surface area contributed by atoms with E-state index in [2.05, 4.69) is 4.74 Å². The summed E-state index contributed by atoms with van der Waals surface area (Å²) in [5.41, 5.74) is 0.820. The maximum atomic E-state index is 11.8. The number of esters is 1. The van der Waals surface area contributed by atoms with E-state index in [0.717, 1.165) is 5.56 Å². The molecule has 0 aliphatic rings. The third-order valence-corrected chi connectivity index (χ3v) is 3.38. The fourth-order valence-electron chi connectivity index (χ4n) is 1.62. The van der Waals surface area contributed by atoms with Gasteiger partial charge < -0.3 is 13.6 Å². The van der Waals surface area contributed by atoms with Crippen LogP contribution in [0.3, 0.4) is 0 Å². The van der Waals surface area contributed by atoms with Gasteiger partial charge in [-0.25, -0.2) is 0 Å². The second kappa shape index (κ2) is 6.67. The van der Waals surface area contributed by atoms with E-state index < -0.39 is 14.3 Å². The molecular formula is C13H20O5Si. The Morgan fingerprint density at radius 3 is 2.53 bits per heavy atom. The quantitative estimate of drug-likeness (QED) is 0.437. The molecule has 19 heavy (non-hydrogen) atoms. The molecule has 5 nitrogen and oxygen atoms in total. The summed E-state index contributed by atoms with van der Waals surface area (Å²) in [6.07, 6.45) is 2.68. The van der Waals surface area contributed by atoms with Crippen molar-refractivity contribution < 1.29 is 23.2 Å². The first-order valence-corrected chi connectivity index (χ1v) is 9.51. The highest BCUT2D eigenvalue weighted by atomic mass is 28.4. The van der Waals surface area contributed by atoms with Crippen molar-refractivity contribution in [2.24, 2.45) is 0 Å². The molecule has 1 rings (SSSR count). The Morgan fingerprint density at radius 2 is 2.05 bits per heavy atom. The van der Waals surface area contributed by atoms with E-state index in [9.17, 15) is 9.59 Å². The number of furan rings is 1. The van der Waals surface area contributed by atoms with Crippen molar-refractivity contribution in [3.8, 4) is 0 Å². The molecule has 1 aromatic heterocycles. The average molecular weight is 284 g/mol. The lowest BCUT2D eigenvalue weighted by Gasteiger charge is -2.25. The van der Waals surface area contributed by atoms with Crippen LogP contribution in [0.5, 0.6) is 0 Å². The Morgan fingerprint density at radius 1 is 1.37 bits per heavy atom. The normalized spacial score (nSPS) is 13.1. The standard InChI is InChI=1S/C13H20O5Si/c1-16-13(15)8-11(14)7-12(18-19(2,3)4)10-5-6-17-9-10/h5-6,9,12H,7-8H2,1-4H3/t12-/m0/s1. The third-order valence-electron chi connectivity index (χ3n) is 2.39. The first-order valence-electron chi connectivity index (χ1n) is 6.10. The van der Waals surface area contributed by atoms with Crippen LogP contribution in [0.15, 0.2) is 23.0 Å². The number of rotatable bonds is 7. The second-order valence-electron chi connectivity index (χ2n) is 5.27. The molecule has 0 radical (unpaired) electrons. The molecule has 1 aromatic rings. The summed E-state index contributed by atoms with van der Waals surface area (Å²) in [4.78, 5) is 22.9. The lowest BCUT2D eigenvalue weighted by atomic mass is 10.1. The van der Waals surface area contributed by atoms with Crippen LogP contribution in [-0.4, -0.2) is 27.2 Å². The Hall–Kier alpha value is -1.40. The van der Waals surface area contributed by atoms with E-state index in [1.54, 1.807) is 18.6 Å². The fourth-order valence-corrected chi connectivity index (χ4v) is 2.70. The average Bonchev–Trinajstić information content (AvgIpc) is 2.79. The predicted molar refractivity (Wildman–Crippen MR) is 72.1 cm³/mol. The second-order valence-corrected chi connectivity index (χ2v) is 9.73. The van der Waals surface area contributed by atoms with Gasteiger partial charge in [0, 0.05) is 12.0 Å². The highest BCUT2D eigenvalue weighted by molar-refractivity contribution is 6.69. The Kier molecular flexibility index (Phi) is 5.50. The molecule has 0 unspecified atom stereocenters. The van der Waals surface area contributed by atoms with Crippen LogP contribution < -0.4 is 0 Å². The number of Topliss-reactive ketones (excluding diaryl/α,β-unsaturated/α-hetero) is 1. The number of carbonyl (C=O) groups is 2. The van der Waals surface area contributed by atoms with Crippen molar-refractivity contribution in [3.63, 3.8) is 0 Å². The molecule has 106 valence electrons. The molecule has 6 heteroatoms. The molecule has 0 bridgehead atoms. The van der Waals surface area contributed by atoms with Crippen molar-refractivity contribution in [2.75, 3.05) is 7.11 Å². The van der Waals surface area contributed by atoms with Crippen LogP contribution in [0.1, 0.15) is 24.5 Å². The first kappa shape index (κ1) is 15.7. The molecule has 1 heterocycles. The smallest absolute Gasteiger partial charge is 0.313 e. The van der Waals surface area contributed by atoms with Gasteiger partial charge in [-0.1, -0.05) is 0 Å². The van der Waals surface area contributed by atoms with Gasteiger partial charge in [0.1, 0.15) is 12.2 Å². The van der Waals surface area contributed by atoms with Gasteiger partial charge in [-0.15, -0.1) is 0 Å². The fraction of sp³-hybridized carbons (Fsp3) is 0.538. The van der Waals surface area contributed by atoms with Crippen LogP contribution in [0, 0.1) is 0 Å². The molecule has 0 N–H and O–H groups in total. The molecule has 0 aliphatic heterocycles. The van der Waals surface area contributed by atoms with E-state index in [1.165, 1.54) is 7.11 Å². The van der Waals surface area contributed by atoms with E-state index in [4.69, 9.17) is 8.84 Å². The molecule has 0 aliphatic carbocycles. The van der Waals surface area contributed by atoms with Gasteiger partial charge in [0.25, 0.3) is 0 Å². The van der Waals surface area contributed by atoms with E-state index in [1.807, 2.05) is 19.6 Å². The van der Waals surface area contributed by atoms with E-state index >= 15 is 0 Å². The van der Waals surface area contributed by atoms with Gasteiger partial charge in [0.15, 0.2) is 8.32 Å². The van der Waals surface area contributed by atoms with Crippen LogP contribution in [0.2, 0.25) is 19.6 Å². The summed E-state index contributed by atoms with van der Waals surface area (Å²) in [5, 5.41) is 0. The first-order chi connectivity index (χ1) is 8.81. The lowest BCUT2D eigenvalue weighted by Crippen LogP contribution is -2.29. The van der Waals surface area contributed by atoms with Crippen molar-refractivity contribution in [1.29, 1.82) is 0 Å². The maximum Gasteiger partial charge on any atom is 0.313 e. The van der Waals surface area contributed by atoms with Gasteiger partial charge in [-0.2, -0.15) is 0 Å². The number of ketones is 1. The van der Waals surface area contributed by atoms with Crippen LogP contribution in [0.4, 0.5) is 0 Å². The summed E-state index contributed by atoms with van der Waals surface area (Å²) in [7, 11) is -0.536. The molecule has 0 amide bonds. The summed E-state index contributed by atoms with van der Waals surface area (Å²) in [6.45, 7) is 6.14. The molecule has 0 fully saturated rings. The SMILES string of the molecule is COC(=O)CC(=O)C[C@H](O[Si](C)(C)C)c1ccoc1. The van der Waals surface area contributed by atoms with Crippen molar-refractivity contribution in [1.82, 2.24) is 0 Å². The monoisotopic (exact) mass is 284 g/mol. The van der Waals surface area contributed by atoms with Gasteiger partial charge >= 0.3 is 5.97 Å². The zero-order valence-electron chi connectivity index (χ0n) is 11.8. The number of ether oxygens (including phenoxy) is 1. The van der Waals surface area contributed by atoms with Crippen molar-refractivity contribution >= 4 is 20.1 Å². The van der Waals surface area contributed by atoms with Crippen LogP contribution in [-0.2, 0) is 18.8 Å². The third kappa shape index (κ3) is 5.85. The number of hydrogen-bond donors (Lipinski definition) is 0. The highest BCUT2D eigenvalue weighted by Crippen LogP contribution is 2.26. The number of carbonyl (C=O) groups excluding carboxylic acids is 2. The van der Waals surface area contributed by atoms with Crippen molar-refractivity contribution in [3.05, 3.63) is 24.2 Å². The summed E-state index contributed by atoms with van der Waals surface area (Å²) >= 11 is 0. The minimum absolute atomic E-state index is 0.152. The lowest BCUT2D eigenvalue weighted by molar-refractivity contribution is -0.143. The molecule has 0 spiro atoms. The highest BCUT2D eigenvalue weighted by Gasteiger charge is 2.26. The number of methoxy groups -OCH3 is 1. The van der Waals surface area contributed by atoms with Gasteiger partial charge in [0.2, 0.25) is 0 Å². The maximum absolute atomic E-state index is 11.8. The van der Waals surface area contributed by atoms with Crippen molar-refractivity contribution in [2.45, 2.75) is 38.6 Å². The summed E-state index contributed by atoms with van der Waals surface area (Å²) in [5.74, 6) is -0.722. The van der Waals surface area contributed by atoms with E-state index in [-0.39, 0.29) is 24.7 Å². The Bertz CT molecular complexity index is 419. The summed E-state index contributed by atoms with van der Waals surface area (Å²) < 4.78 is 15.5. The minimum Gasteiger partial charge on any atom is -0.472 e. The zero-order valence-corrected chi connectivity index (χ0v) is 12.8. The van der Waals surface area contributed by atoms with E-state index in [0.29, 0.717) is 0 Å². The molecule has 0 aromatic carbocycles. The Balaban J connectivity index is 2.70. The predicted octanol–water partition coefficient (Wildman–Crippen LogP) is 2.69. The number of hydrogen-bond acceptors (Lipinski definition) is 5. The molecular weight excluding hydrogens is 264 g/mol. The minimum atomic E-state index is -1.80. The molecule has 1 atom stereocenters. The van der Waals surface area contributed by atoms with Gasteiger partial charge in [-0.3, -0.25) is 9.59 Å². The van der Waals surface area contributed by atoms with Crippen LogP contribution >= 0.6 is 0 Å². The molecule has 0 saturated carbocycles. The van der Waals surface area contributed by atoms with Crippen LogP contribution in [0.25, 0.3) is 0 Å². The zero-order chi connectivity index (χ0) is 14.5. The van der Waals surface area contributed by atoms with Gasteiger partial charge in [0.05, 0.1) is 25.7 Å². The van der Waals surface area contributed by atoms with Gasteiger partial charge in [-0.05, 0) is 25.7 Å². The molecule has 0 saturated heterocycles. The summed E-state index contributed by atoms with van der Waals surface area (Å²) in [6, 6.07) is 1.77.